The third-order valence-electron chi connectivity index (χ3n) is 11.0. The van der Waals surface area contributed by atoms with Gasteiger partial charge in [-0.3, -0.25) is 0 Å². The average molecular weight is 717 g/mol. The van der Waals surface area contributed by atoms with Gasteiger partial charge in [0, 0.05) is 46.3 Å². The van der Waals surface area contributed by atoms with Gasteiger partial charge in [-0.1, -0.05) is 86.6 Å². The molecule has 6 aromatic rings. The summed E-state index contributed by atoms with van der Waals surface area (Å²) in [5.41, 5.74) is 8.93. The highest BCUT2D eigenvalue weighted by molar-refractivity contribution is 5.81. The van der Waals surface area contributed by atoms with Gasteiger partial charge in [0.1, 0.15) is 11.5 Å². The molecule has 0 atom stereocenters. The third-order valence-corrected chi connectivity index (χ3v) is 11.0. The van der Waals surface area contributed by atoms with Crippen molar-refractivity contribution in [2.24, 2.45) is 10.8 Å². The number of anilines is 6. The van der Waals surface area contributed by atoms with E-state index in [-0.39, 0.29) is 10.8 Å². The maximum Gasteiger partial charge on any atom is 0.121 e. The van der Waals surface area contributed by atoms with Gasteiger partial charge < -0.3 is 28.7 Å². The van der Waals surface area contributed by atoms with Crippen LogP contribution in [0.3, 0.4) is 0 Å². The summed E-state index contributed by atoms with van der Waals surface area (Å²) >= 11 is 0. The fourth-order valence-electron chi connectivity index (χ4n) is 7.11. The maximum atomic E-state index is 6.35. The van der Waals surface area contributed by atoms with Crippen LogP contribution < -0.4 is 19.3 Å². The lowest BCUT2D eigenvalue weighted by molar-refractivity contribution is -0.133. The van der Waals surface area contributed by atoms with Crippen molar-refractivity contribution < 1.29 is 18.9 Å². The largest absolute Gasteiger partial charge is 0.493 e. The molecule has 6 aromatic carbocycles. The summed E-state index contributed by atoms with van der Waals surface area (Å²) in [6.45, 7) is 8.79. The van der Waals surface area contributed by atoms with Gasteiger partial charge in [0.15, 0.2) is 0 Å². The van der Waals surface area contributed by atoms with Crippen LogP contribution in [0, 0.1) is 10.8 Å². The number of benzene rings is 6. The van der Waals surface area contributed by atoms with E-state index >= 15 is 0 Å². The Morgan fingerprint density at radius 2 is 0.778 bits per heavy atom. The van der Waals surface area contributed by atoms with Crippen molar-refractivity contribution in [3.8, 4) is 22.6 Å². The molecule has 2 aliphatic heterocycles. The fourth-order valence-corrected chi connectivity index (χ4v) is 7.11. The lowest BCUT2D eigenvalue weighted by Crippen LogP contribution is -2.46. The van der Waals surface area contributed by atoms with E-state index in [0.717, 1.165) is 96.0 Å². The molecule has 0 amide bonds. The molecule has 6 nitrogen and oxygen atoms in total. The Labute approximate surface area is 319 Å². The number of rotatable bonds is 15. The van der Waals surface area contributed by atoms with Crippen molar-refractivity contribution in [3.05, 3.63) is 158 Å². The molecule has 274 valence electrons. The van der Waals surface area contributed by atoms with Gasteiger partial charge in [-0.05, 0) is 96.8 Å². The van der Waals surface area contributed by atoms with E-state index in [1.54, 1.807) is 0 Å². The maximum absolute atomic E-state index is 6.35. The Bertz CT molecular complexity index is 1950. The molecule has 0 N–H and O–H groups in total. The van der Waals surface area contributed by atoms with Crippen molar-refractivity contribution in [1.29, 1.82) is 0 Å². The highest BCUT2D eigenvalue weighted by atomic mass is 16.5. The van der Waals surface area contributed by atoms with E-state index in [0.29, 0.717) is 13.2 Å². The van der Waals surface area contributed by atoms with Crippen LogP contribution in [0.15, 0.2) is 158 Å². The molecule has 54 heavy (non-hydrogen) atoms. The molecule has 2 saturated heterocycles. The number of ether oxygens (including phenoxy) is 4. The Hall–Kier alpha value is -5.56. The van der Waals surface area contributed by atoms with E-state index in [2.05, 4.69) is 169 Å². The first kappa shape index (κ1) is 35.5. The van der Waals surface area contributed by atoms with Gasteiger partial charge in [0.05, 0.1) is 50.5 Å². The number of nitrogens with zero attached hydrogens (tertiary/aromatic N) is 2. The van der Waals surface area contributed by atoms with Gasteiger partial charge >= 0.3 is 0 Å². The minimum absolute atomic E-state index is 0.118. The van der Waals surface area contributed by atoms with Crippen LogP contribution in [0.4, 0.5) is 34.1 Å². The molecule has 0 saturated carbocycles. The summed E-state index contributed by atoms with van der Waals surface area (Å²) < 4.78 is 23.7. The standard InChI is InChI=1S/C48H48N2O4/c1-3-47(31-51-32-47)35-53-45-19-11-17-43(29-45)49(39-13-7-5-8-14-39)41-25-21-37(22-26-41)38-23-27-42(28-24-38)50(40-15-9-6-10-16-40)44-18-12-20-46(30-44)54-36-48(4-2)33-52-34-48/h5-30H,3-4,31-36H2,1-2H3. The van der Waals surface area contributed by atoms with Gasteiger partial charge in [-0.15, -0.1) is 0 Å². The van der Waals surface area contributed by atoms with Gasteiger partial charge in [0.2, 0.25) is 0 Å². The second kappa shape index (κ2) is 15.8. The highest BCUT2D eigenvalue weighted by Crippen LogP contribution is 2.40. The predicted molar refractivity (Wildman–Crippen MR) is 219 cm³/mol. The molecule has 2 fully saturated rings. The van der Waals surface area contributed by atoms with Gasteiger partial charge in [-0.2, -0.15) is 0 Å². The quantitative estimate of drug-likeness (QED) is 0.105. The lowest BCUT2D eigenvalue weighted by atomic mass is 9.84. The van der Waals surface area contributed by atoms with E-state index in [4.69, 9.17) is 18.9 Å². The molecule has 0 radical (unpaired) electrons. The zero-order chi connectivity index (χ0) is 36.8. The molecule has 0 aromatic heterocycles. The van der Waals surface area contributed by atoms with Crippen LogP contribution in [-0.2, 0) is 9.47 Å². The first-order chi connectivity index (χ1) is 26.6. The minimum Gasteiger partial charge on any atom is -0.493 e. The van der Waals surface area contributed by atoms with E-state index in [1.165, 1.54) is 0 Å². The molecule has 0 aliphatic carbocycles. The average Bonchev–Trinajstić information content (AvgIpc) is 3.19. The Morgan fingerprint density at radius 1 is 0.426 bits per heavy atom. The van der Waals surface area contributed by atoms with Crippen molar-refractivity contribution in [2.45, 2.75) is 26.7 Å². The minimum atomic E-state index is 0.118. The van der Waals surface area contributed by atoms with Crippen LogP contribution >= 0.6 is 0 Å². The topological polar surface area (TPSA) is 43.4 Å². The molecule has 0 unspecified atom stereocenters. The second-order valence-electron chi connectivity index (χ2n) is 14.7. The van der Waals surface area contributed by atoms with E-state index < -0.39 is 0 Å². The Kier molecular flexibility index (Phi) is 10.4. The van der Waals surface area contributed by atoms with Crippen molar-refractivity contribution >= 4 is 34.1 Å². The van der Waals surface area contributed by atoms with Crippen LogP contribution in [-0.4, -0.2) is 39.6 Å². The van der Waals surface area contributed by atoms with Gasteiger partial charge in [-0.25, -0.2) is 0 Å². The fraction of sp³-hybridized carbons (Fsp3) is 0.250. The number of hydrogen-bond acceptors (Lipinski definition) is 6. The smallest absolute Gasteiger partial charge is 0.121 e. The second-order valence-corrected chi connectivity index (χ2v) is 14.7. The highest BCUT2D eigenvalue weighted by Gasteiger charge is 2.38. The van der Waals surface area contributed by atoms with Crippen LogP contribution in [0.25, 0.3) is 11.1 Å². The van der Waals surface area contributed by atoms with E-state index in [9.17, 15) is 0 Å². The predicted octanol–water partition coefficient (Wildman–Crippen LogP) is 11.9. The normalized spacial score (nSPS) is 15.4. The van der Waals surface area contributed by atoms with Crippen LogP contribution in [0.1, 0.15) is 26.7 Å². The summed E-state index contributed by atoms with van der Waals surface area (Å²) in [6.07, 6.45) is 2.09. The summed E-state index contributed by atoms with van der Waals surface area (Å²) in [5, 5.41) is 0. The number of para-hydroxylation sites is 2. The molecular formula is C48H48N2O4. The third kappa shape index (κ3) is 7.58. The summed E-state index contributed by atoms with van der Waals surface area (Å²) in [7, 11) is 0. The molecule has 8 rings (SSSR count). The lowest BCUT2D eigenvalue weighted by Gasteiger charge is -2.40. The van der Waals surface area contributed by atoms with E-state index in [1.807, 2.05) is 12.1 Å². The van der Waals surface area contributed by atoms with Crippen molar-refractivity contribution in [2.75, 3.05) is 49.4 Å². The molecule has 0 bridgehead atoms. The Morgan fingerprint density at radius 3 is 1.11 bits per heavy atom. The van der Waals surface area contributed by atoms with Crippen molar-refractivity contribution in [3.63, 3.8) is 0 Å². The summed E-state index contributed by atoms with van der Waals surface area (Å²) in [6, 6.07) is 55.3. The molecule has 2 heterocycles. The first-order valence-electron chi connectivity index (χ1n) is 19.1. The molecule has 6 heteroatoms. The Balaban J connectivity index is 1.04. The summed E-state index contributed by atoms with van der Waals surface area (Å²) in [5.74, 6) is 1.73. The first-order valence-corrected chi connectivity index (χ1v) is 19.1. The molecule has 0 spiro atoms. The van der Waals surface area contributed by atoms with Crippen LogP contribution in [0.5, 0.6) is 11.5 Å². The van der Waals surface area contributed by atoms with Crippen molar-refractivity contribution in [1.82, 2.24) is 0 Å². The van der Waals surface area contributed by atoms with Gasteiger partial charge in [0.25, 0.3) is 0 Å². The number of hydrogen-bond donors (Lipinski definition) is 0. The summed E-state index contributed by atoms with van der Waals surface area (Å²) in [4.78, 5) is 4.55. The molecular weight excluding hydrogens is 669 g/mol. The zero-order valence-corrected chi connectivity index (χ0v) is 31.2. The molecule has 2 aliphatic rings. The zero-order valence-electron chi connectivity index (χ0n) is 31.2. The SMILES string of the molecule is CCC1(COc2cccc(N(c3ccccc3)c3ccc(-c4ccc(N(c5ccccc5)c5cccc(OCC6(CC)COC6)c5)cc4)cc3)c2)COC1. The van der Waals surface area contributed by atoms with Crippen LogP contribution in [0.2, 0.25) is 0 Å². The monoisotopic (exact) mass is 716 g/mol.